The van der Waals surface area contributed by atoms with Gasteiger partial charge in [-0.2, -0.15) is 5.10 Å². The van der Waals surface area contributed by atoms with Crippen molar-refractivity contribution in [3.8, 4) is 5.69 Å². The van der Waals surface area contributed by atoms with Crippen LogP contribution in [0.5, 0.6) is 0 Å². The minimum Gasteiger partial charge on any atom is -0.341 e. The summed E-state index contributed by atoms with van der Waals surface area (Å²) in [6, 6.07) is 5.35. The number of hydrogen-bond acceptors (Lipinski definition) is 3. The fourth-order valence-electron chi connectivity index (χ4n) is 2.48. The van der Waals surface area contributed by atoms with Gasteiger partial charge >= 0.3 is 0 Å². The molecule has 130 valence electrons. The maximum Gasteiger partial charge on any atom is 0.227 e. The number of rotatable bonds is 5. The standard InChI is InChI=1S/C17H22Cl2N4O/c1-10(9-20)22(4)17(24)8-14-11(2)21-23(12(14)3)13-5-6-15(18)16(19)7-13/h5-7,10H,8-9,20H2,1-4H3. The molecule has 1 aromatic heterocycles. The van der Waals surface area contributed by atoms with E-state index in [0.29, 0.717) is 23.0 Å². The van der Waals surface area contributed by atoms with E-state index >= 15 is 0 Å². The Morgan fingerprint density at radius 1 is 1.33 bits per heavy atom. The van der Waals surface area contributed by atoms with Crippen molar-refractivity contribution in [3.05, 3.63) is 45.2 Å². The first-order valence-corrected chi connectivity index (χ1v) is 8.48. The average Bonchev–Trinajstić information content (AvgIpc) is 2.84. The van der Waals surface area contributed by atoms with Crippen LogP contribution in [-0.4, -0.2) is 40.2 Å². The first kappa shape index (κ1) is 18.8. The highest BCUT2D eigenvalue weighted by molar-refractivity contribution is 6.42. The predicted molar refractivity (Wildman–Crippen MR) is 98.0 cm³/mol. The lowest BCUT2D eigenvalue weighted by Crippen LogP contribution is -2.40. The van der Waals surface area contributed by atoms with Crippen molar-refractivity contribution < 1.29 is 4.79 Å². The molecule has 0 aliphatic carbocycles. The van der Waals surface area contributed by atoms with Crippen LogP contribution in [0.2, 0.25) is 10.0 Å². The molecule has 0 spiro atoms. The smallest absolute Gasteiger partial charge is 0.227 e. The second-order valence-electron chi connectivity index (χ2n) is 5.93. The summed E-state index contributed by atoms with van der Waals surface area (Å²) in [5.41, 5.74) is 9.10. The van der Waals surface area contributed by atoms with E-state index in [1.165, 1.54) is 0 Å². The second-order valence-corrected chi connectivity index (χ2v) is 6.74. The summed E-state index contributed by atoms with van der Waals surface area (Å²) < 4.78 is 1.78. The van der Waals surface area contributed by atoms with Crippen LogP contribution in [0.1, 0.15) is 23.9 Å². The summed E-state index contributed by atoms with van der Waals surface area (Å²) in [6.07, 6.45) is 0.291. The van der Waals surface area contributed by atoms with E-state index in [4.69, 9.17) is 28.9 Å². The lowest BCUT2D eigenvalue weighted by molar-refractivity contribution is -0.130. The van der Waals surface area contributed by atoms with Gasteiger partial charge in [-0.15, -0.1) is 0 Å². The van der Waals surface area contributed by atoms with Gasteiger partial charge in [0.15, 0.2) is 0 Å². The Morgan fingerprint density at radius 3 is 2.58 bits per heavy atom. The minimum absolute atomic E-state index is 0.00299. The highest BCUT2D eigenvalue weighted by Gasteiger charge is 2.20. The fourth-order valence-corrected chi connectivity index (χ4v) is 2.77. The molecular formula is C17H22Cl2N4O. The van der Waals surface area contributed by atoms with Crippen LogP contribution in [0.25, 0.3) is 5.69 Å². The third-order valence-corrected chi connectivity index (χ3v) is 5.05. The molecule has 5 nitrogen and oxygen atoms in total. The average molecular weight is 369 g/mol. The van der Waals surface area contributed by atoms with E-state index in [1.54, 1.807) is 28.8 Å². The molecule has 2 N–H and O–H groups in total. The van der Waals surface area contributed by atoms with Crippen molar-refractivity contribution in [2.75, 3.05) is 13.6 Å². The zero-order chi connectivity index (χ0) is 18.0. The molecule has 0 radical (unpaired) electrons. The van der Waals surface area contributed by atoms with Gasteiger partial charge < -0.3 is 10.6 Å². The monoisotopic (exact) mass is 368 g/mol. The van der Waals surface area contributed by atoms with Gasteiger partial charge in [0.1, 0.15) is 0 Å². The first-order chi connectivity index (χ1) is 11.3. The molecule has 24 heavy (non-hydrogen) atoms. The zero-order valence-electron chi connectivity index (χ0n) is 14.3. The number of amides is 1. The Morgan fingerprint density at radius 2 is 2.00 bits per heavy atom. The molecule has 0 saturated heterocycles. The lowest BCUT2D eigenvalue weighted by atomic mass is 10.1. The lowest BCUT2D eigenvalue weighted by Gasteiger charge is -2.23. The molecule has 1 aromatic carbocycles. The van der Waals surface area contributed by atoms with E-state index in [2.05, 4.69) is 5.10 Å². The molecule has 0 saturated carbocycles. The molecule has 0 bridgehead atoms. The van der Waals surface area contributed by atoms with Crippen molar-refractivity contribution >= 4 is 29.1 Å². The maximum absolute atomic E-state index is 12.5. The van der Waals surface area contributed by atoms with Gasteiger partial charge in [0.05, 0.1) is 27.8 Å². The van der Waals surface area contributed by atoms with Crippen molar-refractivity contribution in [3.63, 3.8) is 0 Å². The Balaban J connectivity index is 2.32. The third kappa shape index (κ3) is 3.74. The molecular weight excluding hydrogens is 347 g/mol. The molecule has 1 unspecified atom stereocenters. The van der Waals surface area contributed by atoms with Crippen LogP contribution in [0, 0.1) is 13.8 Å². The summed E-state index contributed by atoms with van der Waals surface area (Å²) in [5.74, 6) is 0.0211. The van der Waals surface area contributed by atoms with Gasteiger partial charge in [-0.3, -0.25) is 4.79 Å². The molecule has 0 aliphatic rings. The highest BCUT2D eigenvalue weighted by Crippen LogP contribution is 2.26. The number of aromatic nitrogens is 2. The summed E-state index contributed by atoms with van der Waals surface area (Å²) >= 11 is 12.1. The fraction of sp³-hybridized carbons (Fsp3) is 0.412. The van der Waals surface area contributed by atoms with Gasteiger partial charge in [0, 0.05) is 30.9 Å². The van der Waals surface area contributed by atoms with Gasteiger partial charge in [-0.05, 0) is 39.0 Å². The summed E-state index contributed by atoms with van der Waals surface area (Å²) in [4.78, 5) is 14.1. The van der Waals surface area contributed by atoms with Crippen LogP contribution in [0.4, 0.5) is 0 Å². The van der Waals surface area contributed by atoms with Gasteiger partial charge in [0.25, 0.3) is 0 Å². The quantitative estimate of drug-likeness (QED) is 0.881. The Kier molecular flexibility index (Phi) is 5.91. The van der Waals surface area contributed by atoms with Crippen LogP contribution < -0.4 is 5.73 Å². The van der Waals surface area contributed by atoms with E-state index in [-0.39, 0.29) is 11.9 Å². The topological polar surface area (TPSA) is 64.2 Å². The van der Waals surface area contributed by atoms with Crippen LogP contribution in [0.15, 0.2) is 18.2 Å². The van der Waals surface area contributed by atoms with Gasteiger partial charge in [-0.1, -0.05) is 23.2 Å². The van der Waals surface area contributed by atoms with E-state index in [9.17, 15) is 4.79 Å². The van der Waals surface area contributed by atoms with Crippen LogP contribution in [0.3, 0.4) is 0 Å². The van der Waals surface area contributed by atoms with Crippen molar-refractivity contribution in [1.29, 1.82) is 0 Å². The Bertz CT molecular complexity index is 757. The highest BCUT2D eigenvalue weighted by atomic mass is 35.5. The summed E-state index contributed by atoms with van der Waals surface area (Å²) in [5, 5.41) is 5.51. The van der Waals surface area contributed by atoms with Crippen molar-refractivity contribution in [2.24, 2.45) is 5.73 Å². The summed E-state index contributed by atoms with van der Waals surface area (Å²) in [6.45, 7) is 6.20. The number of hydrogen-bond donors (Lipinski definition) is 1. The molecule has 2 aromatic rings. The molecule has 0 fully saturated rings. The molecule has 0 aliphatic heterocycles. The van der Waals surface area contributed by atoms with E-state index < -0.39 is 0 Å². The normalized spacial score (nSPS) is 12.3. The molecule has 7 heteroatoms. The van der Waals surface area contributed by atoms with E-state index in [1.807, 2.05) is 26.8 Å². The number of likely N-dealkylation sites (N-methyl/N-ethyl adjacent to an activating group) is 1. The maximum atomic E-state index is 12.5. The first-order valence-electron chi connectivity index (χ1n) is 7.72. The Hall–Kier alpha value is -1.56. The molecule has 1 amide bonds. The minimum atomic E-state index is 0.00299. The van der Waals surface area contributed by atoms with Gasteiger partial charge in [-0.25, -0.2) is 4.68 Å². The number of aryl methyl sites for hydroxylation is 1. The predicted octanol–water partition coefficient (Wildman–Crippen LogP) is 3.14. The number of carbonyl (C=O) groups excluding carboxylic acids is 1. The number of halogens is 2. The van der Waals surface area contributed by atoms with E-state index in [0.717, 1.165) is 22.6 Å². The Labute approximate surface area is 152 Å². The van der Waals surface area contributed by atoms with Crippen LogP contribution >= 0.6 is 23.2 Å². The van der Waals surface area contributed by atoms with Gasteiger partial charge in [0.2, 0.25) is 5.91 Å². The molecule has 1 atom stereocenters. The third-order valence-electron chi connectivity index (χ3n) is 4.31. The largest absolute Gasteiger partial charge is 0.341 e. The zero-order valence-corrected chi connectivity index (χ0v) is 15.8. The van der Waals surface area contributed by atoms with Crippen molar-refractivity contribution in [2.45, 2.75) is 33.2 Å². The number of benzene rings is 1. The van der Waals surface area contributed by atoms with Crippen molar-refractivity contribution in [1.82, 2.24) is 14.7 Å². The number of nitrogens with two attached hydrogens (primary N) is 1. The molecule has 2 rings (SSSR count). The SMILES string of the molecule is Cc1nn(-c2ccc(Cl)c(Cl)c2)c(C)c1CC(=O)N(C)C(C)CN. The number of carbonyl (C=O) groups is 1. The molecule has 1 heterocycles. The summed E-state index contributed by atoms with van der Waals surface area (Å²) in [7, 11) is 1.77. The second kappa shape index (κ2) is 7.55. The number of nitrogens with zero attached hydrogens (tertiary/aromatic N) is 3. The van der Waals surface area contributed by atoms with Crippen LogP contribution in [-0.2, 0) is 11.2 Å².